The van der Waals surface area contributed by atoms with Crippen molar-refractivity contribution in [3.05, 3.63) is 53.3 Å². The van der Waals surface area contributed by atoms with E-state index >= 15 is 0 Å². The number of halogens is 1. The van der Waals surface area contributed by atoms with Crippen LogP contribution in [-0.2, 0) is 4.74 Å². The molecule has 0 saturated carbocycles. The molecule has 0 spiro atoms. The Kier molecular flexibility index (Phi) is 5.58. The molecule has 0 bridgehead atoms. The first-order valence-electron chi connectivity index (χ1n) is 8.16. The first kappa shape index (κ1) is 18.4. The summed E-state index contributed by atoms with van der Waals surface area (Å²) in [7, 11) is 0. The van der Waals surface area contributed by atoms with E-state index in [9.17, 15) is 4.79 Å². The number of thiocarbonyl (C=S) groups is 1. The van der Waals surface area contributed by atoms with Crippen molar-refractivity contribution in [2.24, 2.45) is 0 Å². The van der Waals surface area contributed by atoms with Crippen molar-refractivity contribution in [2.75, 3.05) is 11.9 Å². The highest BCUT2D eigenvalue weighted by Crippen LogP contribution is 2.36. The summed E-state index contributed by atoms with van der Waals surface area (Å²) in [6.45, 7) is 4.23. The Balaban J connectivity index is 1.80. The molecule has 3 rings (SSSR count). The molecule has 1 fully saturated rings. The molecule has 1 aliphatic rings. The summed E-state index contributed by atoms with van der Waals surface area (Å²) in [4.78, 5) is 18.3. The molecule has 1 aromatic carbocycles. The van der Waals surface area contributed by atoms with Crippen LogP contribution in [0.3, 0.4) is 0 Å². The van der Waals surface area contributed by atoms with Crippen molar-refractivity contribution < 1.29 is 14.3 Å². The van der Waals surface area contributed by atoms with Gasteiger partial charge in [-0.05, 0) is 44.3 Å². The average Bonchev–Trinajstić information content (AvgIpc) is 2.91. The summed E-state index contributed by atoms with van der Waals surface area (Å²) in [5, 5.41) is 3.25. The maximum absolute atomic E-state index is 12.8. The maximum Gasteiger partial charge on any atom is 0.329 e. The van der Waals surface area contributed by atoms with Gasteiger partial charge in [0.1, 0.15) is 17.0 Å². The number of anilines is 1. The number of ether oxygens (including phenoxy) is 2. The molecule has 2 heterocycles. The molecular weight excluding hydrogens is 374 g/mol. The third kappa shape index (κ3) is 3.59. The van der Waals surface area contributed by atoms with E-state index < -0.39 is 12.1 Å². The maximum atomic E-state index is 12.8. The summed E-state index contributed by atoms with van der Waals surface area (Å²) in [5.41, 5.74) is 1.26. The lowest BCUT2D eigenvalue weighted by Crippen LogP contribution is -2.40. The van der Waals surface area contributed by atoms with E-state index in [1.54, 1.807) is 24.4 Å². The highest BCUT2D eigenvalue weighted by Gasteiger charge is 2.42. The number of para-hydroxylation sites is 2. The first-order chi connectivity index (χ1) is 12.5. The van der Waals surface area contributed by atoms with Crippen LogP contribution < -0.4 is 10.1 Å². The fourth-order valence-electron chi connectivity index (χ4n) is 2.79. The number of pyridine rings is 1. The molecule has 0 aliphatic carbocycles. The summed E-state index contributed by atoms with van der Waals surface area (Å²) < 4.78 is 11.3. The molecule has 2 amide bonds. The van der Waals surface area contributed by atoms with Crippen LogP contribution in [-0.4, -0.2) is 33.7 Å². The van der Waals surface area contributed by atoms with Gasteiger partial charge in [-0.25, -0.2) is 14.7 Å². The second-order valence-electron chi connectivity index (χ2n) is 5.66. The number of carbonyl (C=O) groups excluding carboxylic acids is 1. The number of hydrogen-bond acceptors (Lipinski definition) is 5. The van der Waals surface area contributed by atoms with Gasteiger partial charge >= 0.3 is 6.03 Å². The van der Waals surface area contributed by atoms with Crippen LogP contribution >= 0.6 is 23.8 Å². The third-order valence-electron chi connectivity index (χ3n) is 4.01. The van der Waals surface area contributed by atoms with Crippen molar-refractivity contribution in [3.63, 3.8) is 0 Å². The number of amides is 2. The summed E-state index contributed by atoms with van der Waals surface area (Å²) >= 11 is 11.4. The van der Waals surface area contributed by atoms with Crippen LogP contribution in [0.5, 0.6) is 5.75 Å². The van der Waals surface area contributed by atoms with Gasteiger partial charge in [-0.1, -0.05) is 29.8 Å². The predicted octanol–water partition coefficient (Wildman–Crippen LogP) is 4.41. The molecule has 6 nitrogen and oxygen atoms in total. The van der Waals surface area contributed by atoms with E-state index in [0.717, 1.165) is 0 Å². The van der Waals surface area contributed by atoms with E-state index in [4.69, 9.17) is 33.3 Å². The van der Waals surface area contributed by atoms with E-state index in [1.807, 2.05) is 32.0 Å². The molecule has 1 aromatic heterocycles. The van der Waals surface area contributed by atoms with E-state index in [-0.39, 0.29) is 11.2 Å². The van der Waals surface area contributed by atoms with Crippen molar-refractivity contribution in [1.82, 2.24) is 9.88 Å². The largest absolute Gasteiger partial charge is 0.492 e. The number of rotatable bonds is 4. The molecule has 2 aromatic rings. The van der Waals surface area contributed by atoms with Gasteiger partial charge in [0.05, 0.1) is 18.3 Å². The van der Waals surface area contributed by atoms with Gasteiger partial charge in [0, 0.05) is 11.8 Å². The molecule has 1 saturated heterocycles. The van der Waals surface area contributed by atoms with E-state index in [2.05, 4.69) is 10.3 Å². The molecule has 8 heteroatoms. The van der Waals surface area contributed by atoms with Crippen molar-refractivity contribution in [2.45, 2.75) is 26.0 Å². The minimum atomic E-state index is -0.475. The predicted molar refractivity (Wildman–Crippen MR) is 104 cm³/mol. The zero-order valence-electron chi connectivity index (χ0n) is 14.3. The average molecular weight is 392 g/mol. The second kappa shape index (κ2) is 7.88. The topological polar surface area (TPSA) is 63.7 Å². The van der Waals surface area contributed by atoms with Crippen LogP contribution in [0.1, 0.15) is 25.5 Å². The van der Waals surface area contributed by atoms with Gasteiger partial charge in [-0.2, -0.15) is 0 Å². The van der Waals surface area contributed by atoms with E-state index in [0.29, 0.717) is 28.8 Å². The number of benzene rings is 1. The quantitative estimate of drug-likeness (QED) is 0.617. The molecule has 0 radical (unpaired) electrons. The number of urea groups is 1. The normalized spacial score (nSPS) is 19.2. The molecule has 26 heavy (non-hydrogen) atoms. The van der Waals surface area contributed by atoms with Crippen molar-refractivity contribution in [3.8, 4) is 5.75 Å². The lowest BCUT2D eigenvalue weighted by molar-refractivity contribution is 0.197. The summed E-state index contributed by atoms with van der Waals surface area (Å²) in [5.74, 6) is 0.592. The molecule has 136 valence electrons. The Hall–Kier alpha value is -2.38. The Labute approximate surface area is 162 Å². The highest BCUT2D eigenvalue weighted by atomic mass is 35.5. The number of aromatic nitrogens is 1. The molecular formula is C18H18ClN3O3S. The van der Waals surface area contributed by atoms with Gasteiger partial charge in [0.15, 0.2) is 0 Å². The SMILES string of the molecule is CCOc1ccccc1NC(=O)N1C(=S)O[C@@H](c2cccnc2Cl)[C@H]1C. The Morgan fingerprint density at radius 2 is 2.15 bits per heavy atom. The Morgan fingerprint density at radius 3 is 2.88 bits per heavy atom. The van der Waals surface area contributed by atoms with Crippen LogP contribution in [0.25, 0.3) is 0 Å². The number of carbonyl (C=O) groups is 1. The van der Waals surface area contributed by atoms with Crippen LogP contribution in [0.15, 0.2) is 42.6 Å². The first-order valence-corrected chi connectivity index (χ1v) is 8.94. The molecule has 0 unspecified atom stereocenters. The minimum Gasteiger partial charge on any atom is -0.492 e. The third-order valence-corrected chi connectivity index (χ3v) is 4.62. The Morgan fingerprint density at radius 1 is 1.38 bits per heavy atom. The zero-order valence-corrected chi connectivity index (χ0v) is 15.9. The minimum absolute atomic E-state index is 0.0915. The molecule has 1 aliphatic heterocycles. The fraction of sp³-hybridized carbons (Fsp3) is 0.278. The van der Waals surface area contributed by atoms with Crippen molar-refractivity contribution >= 4 is 40.7 Å². The molecule has 1 N–H and O–H groups in total. The standard InChI is InChI=1S/C18H18ClN3O3S/c1-3-24-14-9-5-4-8-13(14)21-17(23)22-11(2)15(25-18(22)26)12-7-6-10-20-16(12)19/h4-11,15H,3H2,1-2H3,(H,21,23)/t11-,15-/m1/s1. The number of hydrogen-bond donors (Lipinski definition) is 1. The lowest BCUT2D eigenvalue weighted by atomic mass is 10.1. The number of nitrogens with one attached hydrogen (secondary N) is 1. The summed E-state index contributed by atoms with van der Waals surface area (Å²) in [6.07, 6.45) is 1.12. The monoisotopic (exact) mass is 391 g/mol. The van der Waals surface area contributed by atoms with Gasteiger partial charge < -0.3 is 14.8 Å². The second-order valence-corrected chi connectivity index (χ2v) is 6.36. The van der Waals surface area contributed by atoms with Crippen LogP contribution in [0.2, 0.25) is 5.15 Å². The molecule has 2 atom stereocenters. The van der Waals surface area contributed by atoms with Gasteiger partial charge in [0.2, 0.25) is 0 Å². The lowest BCUT2D eigenvalue weighted by Gasteiger charge is -2.21. The Bertz CT molecular complexity index is 833. The highest BCUT2D eigenvalue weighted by molar-refractivity contribution is 7.80. The van der Waals surface area contributed by atoms with Gasteiger partial charge in [-0.15, -0.1) is 0 Å². The zero-order chi connectivity index (χ0) is 18.7. The van der Waals surface area contributed by atoms with Crippen LogP contribution in [0, 0.1) is 0 Å². The fourth-order valence-corrected chi connectivity index (χ4v) is 3.37. The van der Waals surface area contributed by atoms with Crippen molar-refractivity contribution in [1.29, 1.82) is 0 Å². The van der Waals surface area contributed by atoms with Crippen LogP contribution in [0.4, 0.5) is 10.5 Å². The van der Waals surface area contributed by atoms with Gasteiger partial charge in [-0.3, -0.25) is 0 Å². The summed E-state index contributed by atoms with van der Waals surface area (Å²) in [6, 6.07) is 10.1. The smallest absolute Gasteiger partial charge is 0.329 e. The number of nitrogens with zero attached hydrogens (tertiary/aromatic N) is 2. The van der Waals surface area contributed by atoms with E-state index in [1.165, 1.54) is 4.90 Å². The van der Waals surface area contributed by atoms with Gasteiger partial charge in [0.25, 0.3) is 5.17 Å².